The molecule has 0 aliphatic carbocycles. The molecule has 0 saturated carbocycles. The third kappa shape index (κ3) is 7.01. The molecule has 0 bridgehead atoms. The summed E-state index contributed by atoms with van der Waals surface area (Å²) in [6.45, 7) is 0.987. The first-order valence-electron chi connectivity index (χ1n) is 11.3. The molecule has 192 valence electrons. The van der Waals surface area contributed by atoms with Crippen LogP contribution in [-0.4, -0.2) is 108 Å². The van der Waals surface area contributed by atoms with Gasteiger partial charge in [-0.2, -0.15) is 0 Å². The van der Waals surface area contributed by atoms with Gasteiger partial charge in [-0.05, 0) is 6.42 Å². The van der Waals surface area contributed by atoms with Crippen LogP contribution in [0.4, 0.5) is 4.79 Å². The van der Waals surface area contributed by atoms with Gasteiger partial charge < -0.3 is 31.3 Å². The van der Waals surface area contributed by atoms with Crippen LogP contribution in [0.3, 0.4) is 0 Å². The maximum Gasteiger partial charge on any atom is 0.328 e. The standard InChI is InChI=1S/C22H27N7O7/c30-16(26-11-15(20(34)35)27-19(33)18(32)14-5-2-1-3-6-14)12-29-17(31)13-28(22(29)36)10-4-7-23-21-24-8-9-25-21/h1-3,5-6,15H,4,7-13H2,(H,26,30)(H,27,33)(H,34,35)(H2,23,24,25). The Morgan fingerprint density at radius 1 is 1.14 bits per heavy atom. The molecule has 1 saturated heterocycles. The molecular formula is C22H27N7O7. The minimum absolute atomic E-state index is 0.0820. The fourth-order valence-electron chi connectivity index (χ4n) is 3.48. The molecule has 0 aromatic heterocycles. The fraction of sp³-hybridized carbons (Fsp3) is 0.409. The maximum absolute atomic E-state index is 12.5. The fourth-order valence-corrected chi connectivity index (χ4v) is 3.48. The number of hydrogen-bond donors (Lipinski definition) is 5. The molecule has 5 amide bonds. The van der Waals surface area contributed by atoms with E-state index in [-0.39, 0.29) is 12.1 Å². The van der Waals surface area contributed by atoms with Crippen molar-refractivity contribution in [3.05, 3.63) is 35.9 Å². The number of ketones is 1. The predicted molar refractivity (Wildman–Crippen MR) is 125 cm³/mol. The lowest BCUT2D eigenvalue weighted by Crippen LogP contribution is -2.51. The Morgan fingerprint density at radius 3 is 2.56 bits per heavy atom. The van der Waals surface area contributed by atoms with Gasteiger partial charge in [-0.3, -0.25) is 29.1 Å². The highest BCUT2D eigenvalue weighted by molar-refractivity contribution is 6.43. The number of amides is 5. The Labute approximate surface area is 206 Å². The third-order valence-electron chi connectivity index (χ3n) is 5.35. The first-order valence-corrected chi connectivity index (χ1v) is 11.3. The first kappa shape index (κ1) is 26.1. The number of carboxylic acid groups (broad SMARTS) is 1. The van der Waals surface area contributed by atoms with Crippen LogP contribution in [0.15, 0.2) is 35.3 Å². The number of imide groups is 1. The van der Waals surface area contributed by atoms with Gasteiger partial charge in [0.15, 0.2) is 5.96 Å². The van der Waals surface area contributed by atoms with Crippen molar-refractivity contribution in [2.75, 3.05) is 45.8 Å². The zero-order valence-corrected chi connectivity index (χ0v) is 19.4. The van der Waals surface area contributed by atoms with E-state index in [9.17, 15) is 33.9 Å². The van der Waals surface area contributed by atoms with Crippen LogP contribution in [-0.2, 0) is 19.2 Å². The highest BCUT2D eigenvalue weighted by Crippen LogP contribution is 2.10. The Morgan fingerprint density at radius 2 is 1.89 bits per heavy atom. The number of carboxylic acids is 1. The Kier molecular flexibility index (Phi) is 8.91. The molecule has 1 aromatic carbocycles. The van der Waals surface area contributed by atoms with E-state index in [1.54, 1.807) is 18.2 Å². The number of benzene rings is 1. The van der Waals surface area contributed by atoms with Crippen LogP contribution in [0.1, 0.15) is 16.8 Å². The summed E-state index contributed by atoms with van der Waals surface area (Å²) < 4.78 is 0. The van der Waals surface area contributed by atoms with Crippen molar-refractivity contribution in [3.63, 3.8) is 0 Å². The molecule has 5 N–H and O–H groups in total. The maximum atomic E-state index is 12.5. The molecule has 1 aromatic rings. The van der Waals surface area contributed by atoms with E-state index in [1.807, 2.05) is 0 Å². The van der Waals surface area contributed by atoms with E-state index in [0.717, 1.165) is 11.4 Å². The van der Waals surface area contributed by atoms with Crippen LogP contribution in [0.2, 0.25) is 0 Å². The second-order valence-corrected chi connectivity index (χ2v) is 7.98. The van der Waals surface area contributed by atoms with Gasteiger partial charge in [0.2, 0.25) is 11.7 Å². The Bertz CT molecular complexity index is 1060. The van der Waals surface area contributed by atoms with Gasteiger partial charge >= 0.3 is 12.0 Å². The number of nitrogens with one attached hydrogen (secondary N) is 4. The quantitative estimate of drug-likeness (QED) is 0.0912. The molecule has 3 rings (SSSR count). The summed E-state index contributed by atoms with van der Waals surface area (Å²) >= 11 is 0. The minimum Gasteiger partial charge on any atom is -0.480 e. The molecule has 2 heterocycles. The largest absolute Gasteiger partial charge is 0.480 e. The van der Waals surface area contributed by atoms with Crippen molar-refractivity contribution in [2.45, 2.75) is 12.5 Å². The molecule has 2 aliphatic rings. The molecule has 0 spiro atoms. The molecule has 36 heavy (non-hydrogen) atoms. The van der Waals surface area contributed by atoms with E-state index in [1.165, 1.54) is 17.0 Å². The molecule has 1 fully saturated rings. The highest BCUT2D eigenvalue weighted by Gasteiger charge is 2.37. The van der Waals surface area contributed by atoms with Crippen molar-refractivity contribution >= 4 is 41.5 Å². The highest BCUT2D eigenvalue weighted by atomic mass is 16.4. The van der Waals surface area contributed by atoms with Crippen molar-refractivity contribution < 1.29 is 33.9 Å². The van der Waals surface area contributed by atoms with E-state index >= 15 is 0 Å². The molecule has 1 unspecified atom stereocenters. The third-order valence-corrected chi connectivity index (χ3v) is 5.35. The summed E-state index contributed by atoms with van der Waals surface area (Å²) in [6, 6.07) is 5.36. The average Bonchev–Trinajstić information content (AvgIpc) is 3.48. The van der Waals surface area contributed by atoms with E-state index in [2.05, 4.69) is 26.3 Å². The summed E-state index contributed by atoms with van der Waals surface area (Å²) in [4.78, 5) is 79.1. The van der Waals surface area contributed by atoms with Crippen molar-refractivity contribution in [3.8, 4) is 0 Å². The predicted octanol–water partition coefficient (Wildman–Crippen LogP) is -2.24. The number of rotatable bonds is 12. The molecular weight excluding hydrogens is 474 g/mol. The summed E-state index contributed by atoms with van der Waals surface area (Å²) in [5.74, 6) is -4.20. The Balaban J connectivity index is 1.43. The lowest BCUT2D eigenvalue weighted by atomic mass is 10.1. The van der Waals surface area contributed by atoms with Gasteiger partial charge in [0.1, 0.15) is 19.1 Å². The normalized spacial score (nSPS) is 15.7. The van der Waals surface area contributed by atoms with E-state index in [0.29, 0.717) is 32.0 Å². The van der Waals surface area contributed by atoms with Gasteiger partial charge in [-0.15, -0.1) is 0 Å². The molecule has 2 aliphatic heterocycles. The van der Waals surface area contributed by atoms with Gasteiger partial charge in [0.05, 0.1) is 6.54 Å². The van der Waals surface area contributed by atoms with Gasteiger partial charge in [-0.1, -0.05) is 30.3 Å². The monoisotopic (exact) mass is 501 g/mol. The first-order chi connectivity index (χ1) is 17.3. The zero-order valence-electron chi connectivity index (χ0n) is 19.4. The van der Waals surface area contributed by atoms with Crippen molar-refractivity contribution in [1.82, 2.24) is 31.1 Å². The lowest BCUT2D eigenvalue weighted by Gasteiger charge is -2.18. The average molecular weight is 502 g/mol. The number of aliphatic imine (C=N–C) groups is 1. The lowest BCUT2D eigenvalue weighted by molar-refractivity contribution is -0.141. The smallest absolute Gasteiger partial charge is 0.328 e. The van der Waals surface area contributed by atoms with Crippen LogP contribution in [0.25, 0.3) is 0 Å². The number of Topliss-reactive ketones (excluding diaryl/α,β-unsaturated/α-hetero) is 1. The topological polar surface area (TPSA) is 190 Å². The van der Waals surface area contributed by atoms with Crippen molar-refractivity contribution in [2.24, 2.45) is 4.99 Å². The number of carbonyl (C=O) groups is 6. The number of carbonyl (C=O) groups excluding carboxylic acids is 5. The van der Waals surface area contributed by atoms with E-state index in [4.69, 9.17) is 0 Å². The summed E-state index contributed by atoms with van der Waals surface area (Å²) in [5, 5.41) is 19.8. The minimum atomic E-state index is -1.60. The van der Waals surface area contributed by atoms with Crippen LogP contribution < -0.4 is 21.3 Å². The second kappa shape index (κ2) is 12.3. The Hall–Kier alpha value is -4.49. The number of urea groups is 1. The van der Waals surface area contributed by atoms with Gasteiger partial charge in [-0.25, -0.2) is 9.59 Å². The number of guanidine groups is 1. The summed E-state index contributed by atoms with van der Waals surface area (Å²) in [7, 11) is 0. The number of nitrogens with zero attached hydrogens (tertiary/aromatic N) is 3. The number of aliphatic carboxylic acids is 1. The van der Waals surface area contributed by atoms with Crippen molar-refractivity contribution in [1.29, 1.82) is 0 Å². The van der Waals surface area contributed by atoms with Crippen LogP contribution in [0, 0.1) is 0 Å². The summed E-state index contributed by atoms with van der Waals surface area (Å²) in [5.41, 5.74) is 0.0820. The number of hydrogen-bond acceptors (Lipinski definition) is 9. The molecule has 1 atom stereocenters. The zero-order chi connectivity index (χ0) is 26.1. The molecule has 14 nitrogen and oxygen atoms in total. The van der Waals surface area contributed by atoms with Gasteiger partial charge in [0, 0.05) is 31.7 Å². The van der Waals surface area contributed by atoms with E-state index < -0.39 is 54.6 Å². The van der Waals surface area contributed by atoms with Crippen LogP contribution in [0.5, 0.6) is 0 Å². The molecule has 0 radical (unpaired) electrons. The SMILES string of the molecule is O=C(CN1C(=O)CN(CCCNC2=NCCN2)C1=O)NCC(NC(=O)C(=O)c1ccccc1)C(=O)O. The second-order valence-electron chi connectivity index (χ2n) is 7.98. The van der Waals surface area contributed by atoms with Gasteiger partial charge in [0.25, 0.3) is 11.8 Å². The van der Waals surface area contributed by atoms with Crippen LogP contribution >= 0.6 is 0 Å². The molecule has 14 heteroatoms. The summed E-state index contributed by atoms with van der Waals surface area (Å²) in [6.07, 6.45) is 0.557.